The molecule has 1 aliphatic rings. The first kappa shape index (κ1) is 9.48. The van der Waals surface area contributed by atoms with Crippen molar-refractivity contribution in [1.29, 1.82) is 0 Å². The highest BCUT2D eigenvalue weighted by atomic mass is 16.5. The Morgan fingerprint density at radius 2 is 2.50 bits per heavy atom. The van der Waals surface area contributed by atoms with Gasteiger partial charge in [-0.1, -0.05) is 6.92 Å². The van der Waals surface area contributed by atoms with Crippen LogP contribution in [0.4, 0.5) is 0 Å². The van der Waals surface area contributed by atoms with Crippen molar-refractivity contribution in [2.45, 2.75) is 19.4 Å². The third-order valence-electron chi connectivity index (χ3n) is 2.09. The molecule has 0 saturated carbocycles. The summed E-state index contributed by atoms with van der Waals surface area (Å²) in [5.74, 6) is 0.313. The molecule has 0 radical (unpaired) electrons. The average molecular weight is 172 g/mol. The molecule has 1 amide bonds. The molecular formula is C8H16N2O2. The van der Waals surface area contributed by atoms with Gasteiger partial charge < -0.3 is 15.8 Å². The third kappa shape index (κ3) is 2.19. The van der Waals surface area contributed by atoms with Gasteiger partial charge in [-0.05, 0) is 12.3 Å². The molecule has 2 unspecified atom stereocenters. The van der Waals surface area contributed by atoms with E-state index in [-0.39, 0.29) is 12.0 Å². The molecule has 4 heteroatoms. The van der Waals surface area contributed by atoms with E-state index >= 15 is 0 Å². The van der Waals surface area contributed by atoms with Crippen LogP contribution in [0.1, 0.15) is 13.3 Å². The highest BCUT2D eigenvalue weighted by molar-refractivity contribution is 5.81. The highest BCUT2D eigenvalue weighted by Gasteiger charge is 2.30. The van der Waals surface area contributed by atoms with Crippen molar-refractivity contribution >= 4 is 5.91 Å². The lowest BCUT2D eigenvalue weighted by Crippen LogP contribution is -2.39. The van der Waals surface area contributed by atoms with Gasteiger partial charge in [0.1, 0.15) is 6.10 Å². The highest BCUT2D eigenvalue weighted by Crippen LogP contribution is 2.19. The maximum Gasteiger partial charge on any atom is 0.249 e. The maximum absolute atomic E-state index is 11.3. The SMILES string of the molecule is CC1CCOC1C(=O)NCCN. The number of carbonyl (C=O) groups is 1. The topological polar surface area (TPSA) is 64.3 Å². The van der Waals surface area contributed by atoms with Crippen LogP contribution in [0.2, 0.25) is 0 Å². The van der Waals surface area contributed by atoms with Crippen molar-refractivity contribution in [2.24, 2.45) is 11.7 Å². The number of nitrogens with two attached hydrogens (primary N) is 1. The van der Waals surface area contributed by atoms with Gasteiger partial charge in [-0.25, -0.2) is 0 Å². The van der Waals surface area contributed by atoms with Crippen LogP contribution in [-0.4, -0.2) is 31.7 Å². The number of ether oxygens (including phenoxy) is 1. The van der Waals surface area contributed by atoms with E-state index in [9.17, 15) is 4.79 Å². The molecule has 1 saturated heterocycles. The summed E-state index contributed by atoms with van der Waals surface area (Å²) in [7, 11) is 0. The van der Waals surface area contributed by atoms with Gasteiger partial charge in [-0.15, -0.1) is 0 Å². The zero-order valence-corrected chi connectivity index (χ0v) is 7.38. The van der Waals surface area contributed by atoms with Gasteiger partial charge in [0, 0.05) is 19.7 Å². The summed E-state index contributed by atoms with van der Waals surface area (Å²) in [6.07, 6.45) is 0.720. The van der Waals surface area contributed by atoms with Crippen LogP contribution in [0.15, 0.2) is 0 Å². The Morgan fingerprint density at radius 1 is 1.75 bits per heavy atom. The molecule has 1 heterocycles. The van der Waals surface area contributed by atoms with Crippen molar-refractivity contribution < 1.29 is 9.53 Å². The van der Waals surface area contributed by atoms with E-state index in [0.717, 1.165) is 6.42 Å². The Morgan fingerprint density at radius 3 is 3.00 bits per heavy atom. The Balaban J connectivity index is 2.30. The van der Waals surface area contributed by atoms with E-state index < -0.39 is 0 Å². The van der Waals surface area contributed by atoms with Crippen molar-refractivity contribution in [2.75, 3.05) is 19.7 Å². The summed E-state index contributed by atoms with van der Waals surface area (Å²) < 4.78 is 5.27. The molecule has 12 heavy (non-hydrogen) atoms. The zero-order valence-electron chi connectivity index (χ0n) is 7.38. The molecule has 0 spiro atoms. The summed E-state index contributed by atoms with van der Waals surface area (Å²) in [4.78, 5) is 11.3. The monoisotopic (exact) mass is 172 g/mol. The normalized spacial score (nSPS) is 28.8. The number of carbonyl (C=O) groups excluding carboxylic acids is 1. The molecule has 1 fully saturated rings. The average Bonchev–Trinajstić information content (AvgIpc) is 2.47. The van der Waals surface area contributed by atoms with Crippen LogP contribution < -0.4 is 11.1 Å². The summed E-state index contributed by atoms with van der Waals surface area (Å²) in [6, 6.07) is 0. The number of nitrogens with one attached hydrogen (secondary N) is 1. The minimum atomic E-state index is -0.253. The van der Waals surface area contributed by atoms with Gasteiger partial charge in [-0.2, -0.15) is 0 Å². The van der Waals surface area contributed by atoms with Gasteiger partial charge in [0.25, 0.3) is 0 Å². The molecule has 0 aromatic rings. The first-order valence-corrected chi connectivity index (χ1v) is 4.35. The Hall–Kier alpha value is -0.610. The van der Waals surface area contributed by atoms with Crippen molar-refractivity contribution in [3.8, 4) is 0 Å². The standard InChI is InChI=1S/C8H16N2O2/c1-6-2-5-12-7(6)8(11)10-4-3-9/h6-7H,2-5,9H2,1H3,(H,10,11). The second-order valence-corrected chi connectivity index (χ2v) is 3.14. The Kier molecular flexibility index (Phi) is 3.49. The summed E-state index contributed by atoms with van der Waals surface area (Å²) in [5.41, 5.74) is 5.25. The second kappa shape index (κ2) is 4.42. The van der Waals surface area contributed by atoms with Gasteiger partial charge in [0.2, 0.25) is 5.91 Å². The molecule has 4 nitrogen and oxygen atoms in total. The van der Waals surface area contributed by atoms with E-state index in [1.807, 2.05) is 6.92 Å². The Labute approximate surface area is 72.5 Å². The number of amides is 1. The molecule has 0 aliphatic carbocycles. The fourth-order valence-electron chi connectivity index (χ4n) is 1.33. The van der Waals surface area contributed by atoms with E-state index in [1.165, 1.54) is 0 Å². The smallest absolute Gasteiger partial charge is 0.249 e. The number of hydrogen-bond acceptors (Lipinski definition) is 3. The van der Waals surface area contributed by atoms with Gasteiger partial charge in [0.15, 0.2) is 0 Å². The third-order valence-corrected chi connectivity index (χ3v) is 2.09. The van der Waals surface area contributed by atoms with Crippen LogP contribution in [0, 0.1) is 5.92 Å². The molecule has 0 bridgehead atoms. The van der Waals surface area contributed by atoms with E-state index in [0.29, 0.717) is 25.6 Å². The van der Waals surface area contributed by atoms with Crippen LogP contribution >= 0.6 is 0 Å². The predicted octanol–water partition coefficient (Wildman–Crippen LogP) is -0.514. The van der Waals surface area contributed by atoms with Gasteiger partial charge in [-0.3, -0.25) is 4.79 Å². The van der Waals surface area contributed by atoms with Gasteiger partial charge >= 0.3 is 0 Å². The minimum absolute atomic E-state index is 0.0227. The predicted molar refractivity (Wildman–Crippen MR) is 45.6 cm³/mol. The van der Waals surface area contributed by atoms with Crippen molar-refractivity contribution in [3.63, 3.8) is 0 Å². The fourth-order valence-corrected chi connectivity index (χ4v) is 1.33. The van der Waals surface area contributed by atoms with Crippen LogP contribution in [-0.2, 0) is 9.53 Å². The largest absolute Gasteiger partial charge is 0.368 e. The first-order chi connectivity index (χ1) is 5.75. The van der Waals surface area contributed by atoms with E-state index in [2.05, 4.69) is 5.32 Å². The van der Waals surface area contributed by atoms with Crippen LogP contribution in [0.3, 0.4) is 0 Å². The fraction of sp³-hybridized carbons (Fsp3) is 0.875. The summed E-state index contributed by atoms with van der Waals surface area (Å²) in [5, 5.41) is 2.72. The quantitative estimate of drug-likeness (QED) is 0.602. The van der Waals surface area contributed by atoms with Crippen molar-refractivity contribution in [3.05, 3.63) is 0 Å². The summed E-state index contributed by atoms with van der Waals surface area (Å²) in [6.45, 7) is 3.74. The number of rotatable bonds is 3. The molecule has 0 aromatic carbocycles. The zero-order chi connectivity index (χ0) is 8.97. The molecule has 70 valence electrons. The molecule has 2 atom stereocenters. The lowest BCUT2D eigenvalue weighted by Gasteiger charge is -2.13. The minimum Gasteiger partial charge on any atom is -0.368 e. The molecule has 3 N–H and O–H groups in total. The van der Waals surface area contributed by atoms with E-state index in [1.54, 1.807) is 0 Å². The van der Waals surface area contributed by atoms with E-state index in [4.69, 9.17) is 10.5 Å². The van der Waals surface area contributed by atoms with Crippen molar-refractivity contribution in [1.82, 2.24) is 5.32 Å². The Bertz CT molecular complexity index is 161. The second-order valence-electron chi connectivity index (χ2n) is 3.14. The summed E-state index contributed by atoms with van der Waals surface area (Å²) >= 11 is 0. The number of hydrogen-bond donors (Lipinski definition) is 2. The molecule has 1 aliphatic heterocycles. The lowest BCUT2D eigenvalue weighted by molar-refractivity contribution is -0.131. The molecular weight excluding hydrogens is 156 g/mol. The molecule has 0 aromatic heterocycles. The first-order valence-electron chi connectivity index (χ1n) is 4.35. The molecule has 1 rings (SSSR count). The van der Waals surface area contributed by atoms with Crippen LogP contribution in [0.5, 0.6) is 0 Å². The lowest BCUT2D eigenvalue weighted by atomic mass is 10.0. The maximum atomic E-state index is 11.3. The van der Waals surface area contributed by atoms with Crippen LogP contribution in [0.25, 0.3) is 0 Å². The van der Waals surface area contributed by atoms with Gasteiger partial charge in [0.05, 0.1) is 0 Å².